The third-order valence-corrected chi connectivity index (χ3v) is 2.84. The second-order valence-electron chi connectivity index (χ2n) is 3.85. The third kappa shape index (κ3) is 5.11. The summed E-state index contributed by atoms with van der Waals surface area (Å²) in [6, 6.07) is 0. The van der Waals surface area contributed by atoms with Crippen LogP contribution in [0.5, 0.6) is 0 Å². The summed E-state index contributed by atoms with van der Waals surface area (Å²) in [5.41, 5.74) is 5.00. The molecule has 0 aromatic heterocycles. The van der Waals surface area contributed by atoms with E-state index in [-0.39, 0.29) is 21.9 Å². The SMILES string of the molecule is CCC(C)(C)NC(=O)C(C)SC(=N)N. The summed E-state index contributed by atoms with van der Waals surface area (Å²) in [5.74, 6) is -0.0722. The van der Waals surface area contributed by atoms with E-state index >= 15 is 0 Å². The summed E-state index contributed by atoms with van der Waals surface area (Å²) in [6.45, 7) is 7.70. The van der Waals surface area contributed by atoms with Gasteiger partial charge in [0.15, 0.2) is 5.17 Å². The number of thioether (sulfide) groups is 1. The lowest BCUT2D eigenvalue weighted by Gasteiger charge is -2.26. The first-order valence-corrected chi connectivity index (χ1v) is 5.49. The third-order valence-electron chi connectivity index (χ3n) is 2.02. The minimum Gasteiger partial charge on any atom is -0.379 e. The summed E-state index contributed by atoms with van der Waals surface area (Å²) >= 11 is 1.06. The van der Waals surface area contributed by atoms with E-state index in [1.165, 1.54) is 0 Å². The first kappa shape index (κ1) is 13.3. The molecule has 0 aromatic carbocycles. The van der Waals surface area contributed by atoms with Gasteiger partial charge in [0.2, 0.25) is 5.91 Å². The molecule has 5 heteroatoms. The van der Waals surface area contributed by atoms with Crippen molar-refractivity contribution in [1.29, 1.82) is 5.41 Å². The predicted molar refractivity (Wildman–Crippen MR) is 61.5 cm³/mol. The normalized spacial score (nSPS) is 13.4. The summed E-state index contributed by atoms with van der Waals surface area (Å²) in [7, 11) is 0. The van der Waals surface area contributed by atoms with E-state index < -0.39 is 0 Å². The molecule has 1 unspecified atom stereocenters. The molecule has 4 N–H and O–H groups in total. The molecule has 14 heavy (non-hydrogen) atoms. The number of hydrogen-bond acceptors (Lipinski definition) is 3. The van der Waals surface area contributed by atoms with Crippen molar-refractivity contribution in [3.05, 3.63) is 0 Å². The Morgan fingerprint density at radius 3 is 2.50 bits per heavy atom. The molecule has 0 aromatic rings. The van der Waals surface area contributed by atoms with Crippen LogP contribution in [0.2, 0.25) is 0 Å². The van der Waals surface area contributed by atoms with Crippen LogP contribution in [0, 0.1) is 5.41 Å². The van der Waals surface area contributed by atoms with Gasteiger partial charge in [-0.25, -0.2) is 0 Å². The molecule has 0 bridgehead atoms. The van der Waals surface area contributed by atoms with Crippen molar-refractivity contribution in [2.24, 2.45) is 5.73 Å². The molecule has 0 heterocycles. The van der Waals surface area contributed by atoms with Gasteiger partial charge in [0, 0.05) is 5.54 Å². The molecular formula is C9H19N3OS. The Morgan fingerprint density at radius 1 is 1.64 bits per heavy atom. The molecular weight excluding hydrogens is 198 g/mol. The highest BCUT2D eigenvalue weighted by atomic mass is 32.2. The van der Waals surface area contributed by atoms with Gasteiger partial charge in [0.25, 0.3) is 0 Å². The number of carbonyl (C=O) groups excluding carboxylic acids is 1. The Balaban J connectivity index is 4.14. The second-order valence-corrected chi connectivity index (χ2v) is 5.23. The largest absolute Gasteiger partial charge is 0.379 e. The van der Waals surface area contributed by atoms with Crippen LogP contribution in [0.3, 0.4) is 0 Å². The highest BCUT2D eigenvalue weighted by Gasteiger charge is 2.22. The van der Waals surface area contributed by atoms with E-state index in [2.05, 4.69) is 5.32 Å². The summed E-state index contributed by atoms with van der Waals surface area (Å²) in [6.07, 6.45) is 0.871. The summed E-state index contributed by atoms with van der Waals surface area (Å²) in [5, 5.41) is 9.62. The molecule has 0 rings (SSSR count). The molecule has 0 saturated carbocycles. The topological polar surface area (TPSA) is 79.0 Å². The zero-order chi connectivity index (χ0) is 11.4. The van der Waals surface area contributed by atoms with E-state index in [1.807, 2.05) is 20.8 Å². The first-order valence-electron chi connectivity index (χ1n) is 4.61. The number of amides is 1. The molecule has 0 aliphatic heterocycles. The van der Waals surface area contributed by atoms with Crippen LogP contribution in [-0.4, -0.2) is 21.9 Å². The van der Waals surface area contributed by atoms with Gasteiger partial charge in [-0.15, -0.1) is 0 Å². The zero-order valence-corrected chi connectivity index (χ0v) is 9.99. The fourth-order valence-electron chi connectivity index (χ4n) is 0.768. The van der Waals surface area contributed by atoms with Gasteiger partial charge in [0.05, 0.1) is 5.25 Å². The number of carbonyl (C=O) groups is 1. The predicted octanol–water partition coefficient (Wildman–Crippen LogP) is 1.31. The van der Waals surface area contributed by atoms with Crippen molar-refractivity contribution in [3.63, 3.8) is 0 Å². The first-order chi connectivity index (χ1) is 6.28. The lowest BCUT2D eigenvalue weighted by molar-refractivity contribution is -0.121. The second kappa shape index (κ2) is 5.24. The Kier molecular flexibility index (Phi) is 4.97. The minimum atomic E-state index is -0.307. The van der Waals surface area contributed by atoms with Crippen molar-refractivity contribution in [3.8, 4) is 0 Å². The maximum absolute atomic E-state index is 11.6. The quantitative estimate of drug-likeness (QED) is 0.490. The Morgan fingerprint density at radius 2 is 2.14 bits per heavy atom. The monoisotopic (exact) mass is 217 g/mol. The Hall–Kier alpha value is -0.710. The summed E-state index contributed by atoms with van der Waals surface area (Å²) < 4.78 is 0. The highest BCUT2D eigenvalue weighted by Crippen LogP contribution is 2.13. The number of amidine groups is 1. The Bertz CT molecular complexity index is 228. The highest BCUT2D eigenvalue weighted by molar-refractivity contribution is 8.14. The zero-order valence-electron chi connectivity index (χ0n) is 9.18. The smallest absolute Gasteiger partial charge is 0.233 e. The van der Waals surface area contributed by atoms with Gasteiger partial charge in [0.1, 0.15) is 0 Å². The molecule has 0 aliphatic carbocycles. The maximum Gasteiger partial charge on any atom is 0.233 e. The van der Waals surface area contributed by atoms with Crippen LogP contribution in [0.4, 0.5) is 0 Å². The van der Waals surface area contributed by atoms with E-state index in [0.717, 1.165) is 18.2 Å². The molecule has 1 amide bonds. The standard InChI is InChI=1S/C9H19N3OS/c1-5-9(3,4)12-7(13)6(2)14-8(10)11/h6H,5H2,1-4H3,(H3,10,11)(H,12,13). The lowest BCUT2D eigenvalue weighted by atomic mass is 10.0. The van der Waals surface area contributed by atoms with Crippen molar-refractivity contribution in [2.75, 3.05) is 0 Å². The maximum atomic E-state index is 11.6. The molecule has 0 spiro atoms. The molecule has 1 atom stereocenters. The fourth-order valence-corrected chi connectivity index (χ4v) is 1.31. The van der Waals surface area contributed by atoms with E-state index in [0.29, 0.717) is 0 Å². The van der Waals surface area contributed by atoms with Crippen LogP contribution in [-0.2, 0) is 4.79 Å². The van der Waals surface area contributed by atoms with Gasteiger partial charge in [-0.3, -0.25) is 10.2 Å². The van der Waals surface area contributed by atoms with Gasteiger partial charge in [-0.05, 0) is 27.2 Å². The summed E-state index contributed by atoms with van der Waals surface area (Å²) in [4.78, 5) is 11.6. The Labute approximate surface area is 89.5 Å². The van der Waals surface area contributed by atoms with Crippen LogP contribution in [0.25, 0.3) is 0 Å². The van der Waals surface area contributed by atoms with E-state index in [1.54, 1.807) is 6.92 Å². The van der Waals surface area contributed by atoms with Crippen LogP contribution in [0.1, 0.15) is 34.1 Å². The number of hydrogen-bond donors (Lipinski definition) is 3. The molecule has 0 fully saturated rings. The molecule has 0 aliphatic rings. The number of nitrogens with two attached hydrogens (primary N) is 1. The fraction of sp³-hybridized carbons (Fsp3) is 0.778. The van der Waals surface area contributed by atoms with Gasteiger partial charge >= 0.3 is 0 Å². The molecule has 0 saturated heterocycles. The van der Waals surface area contributed by atoms with E-state index in [9.17, 15) is 4.79 Å². The average Bonchev–Trinajstić information content (AvgIpc) is 2.02. The molecule has 0 radical (unpaired) electrons. The number of nitrogens with one attached hydrogen (secondary N) is 2. The van der Waals surface area contributed by atoms with E-state index in [4.69, 9.17) is 11.1 Å². The molecule has 4 nitrogen and oxygen atoms in total. The van der Waals surface area contributed by atoms with Crippen molar-refractivity contribution in [2.45, 2.75) is 44.9 Å². The van der Waals surface area contributed by atoms with Gasteiger partial charge in [-0.1, -0.05) is 18.7 Å². The van der Waals surface area contributed by atoms with Crippen LogP contribution < -0.4 is 11.1 Å². The van der Waals surface area contributed by atoms with Gasteiger partial charge in [-0.2, -0.15) is 0 Å². The average molecular weight is 217 g/mol. The number of rotatable bonds is 4. The van der Waals surface area contributed by atoms with Crippen molar-refractivity contribution in [1.82, 2.24) is 5.32 Å². The minimum absolute atomic E-state index is 0.0260. The van der Waals surface area contributed by atoms with Crippen LogP contribution >= 0.6 is 11.8 Å². The van der Waals surface area contributed by atoms with Crippen molar-refractivity contribution < 1.29 is 4.79 Å². The molecule has 82 valence electrons. The van der Waals surface area contributed by atoms with Crippen LogP contribution in [0.15, 0.2) is 0 Å². The van der Waals surface area contributed by atoms with Gasteiger partial charge < -0.3 is 11.1 Å². The van der Waals surface area contributed by atoms with Crippen molar-refractivity contribution >= 4 is 22.8 Å². The lowest BCUT2D eigenvalue weighted by Crippen LogP contribution is -2.46.